The molecule has 0 saturated heterocycles. The van der Waals surface area contributed by atoms with E-state index in [1.807, 2.05) is 0 Å². The number of hydrogen-bond donors (Lipinski definition) is 0. The van der Waals surface area contributed by atoms with Crippen molar-refractivity contribution in [1.29, 1.82) is 0 Å². The second kappa shape index (κ2) is 4.53. The van der Waals surface area contributed by atoms with Crippen LogP contribution in [0.4, 0.5) is 0 Å². The Morgan fingerprint density at radius 2 is 2.29 bits per heavy atom. The van der Waals surface area contributed by atoms with Crippen molar-refractivity contribution < 1.29 is 14.3 Å². The zero-order valence-electron chi connectivity index (χ0n) is 8.23. The molecule has 0 radical (unpaired) electrons. The maximum Gasteiger partial charge on any atom is 0.338 e. The molecule has 0 amide bonds. The van der Waals surface area contributed by atoms with Crippen molar-refractivity contribution in [1.82, 2.24) is 0 Å². The first kappa shape index (κ1) is 10.4. The highest BCUT2D eigenvalue weighted by Gasteiger charge is 2.15. The third-order valence-electron chi connectivity index (χ3n) is 1.69. The lowest BCUT2D eigenvalue weighted by Gasteiger charge is -2.09. The van der Waals surface area contributed by atoms with Crippen LogP contribution in [0, 0.1) is 0 Å². The summed E-state index contributed by atoms with van der Waals surface area (Å²) in [7, 11) is 0. The van der Waals surface area contributed by atoms with Gasteiger partial charge < -0.3 is 10.3 Å². The van der Waals surface area contributed by atoms with Crippen molar-refractivity contribution >= 4 is 11.7 Å². The minimum atomic E-state index is -0.340. The van der Waals surface area contributed by atoms with Crippen LogP contribution in [0.2, 0.25) is 0 Å². The molecule has 74 valence electrons. The van der Waals surface area contributed by atoms with Gasteiger partial charge in [0.25, 0.3) is 5.71 Å². The SMILES string of the molecule is CC(C)OC(=O)C1=CCC(=[N+]=[N-])C=C1. The molecule has 0 N–H and O–H groups in total. The van der Waals surface area contributed by atoms with Crippen LogP contribution in [0.1, 0.15) is 20.3 Å². The monoisotopic (exact) mass is 192 g/mol. The van der Waals surface area contributed by atoms with Crippen LogP contribution >= 0.6 is 0 Å². The second-order valence-electron chi connectivity index (χ2n) is 3.24. The number of rotatable bonds is 2. The van der Waals surface area contributed by atoms with Crippen LogP contribution in [0.15, 0.2) is 23.8 Å². The summed E-state index contributed by atoms with van der Waals surface area (Å²) in [5.41, 5.74) is 9.49. The molecule has 1 rings (SSSR count). The molecule has 0 bridgehead atoms. The largest absolute Gasteiger partial charge is 0.459 e. The number of esters is 1. The molecule has 0 aromatic rings. The minimum Gasteiger partial charge on any atom is -0.459 e. The predicted octanol–water partition coefficient (Wildman–Crippen LogP) is 1.50. The summed E-state index contributed by atoms with van der Waals surface area (Å²) in [5, 5.41) is 0. The van der Waals surface area contributed by atoms with Gasteiger partial charge in [-0.1, -0.05) is 6.08 Å². The van der Waals surface area contributed by atoms with Gasteiger partial charge in [-0.05, 0) is 19.9 Å². The molecule has 14 heavy (non-hydrogen) atoms. The Kier molecular flexibility index (Phi) is 3.37. The molecule has 4 heteroatoms. The van der Waals surface area contributed by atoms with Crippen molar-refractivity contribution in [3.8, 4) is 0 Å². The van der Waals surface area contributed by atoms with Crippen molar-refractivity contribution in [2.45, 2.75) is 26.4 Å². The van der Waals surface area contributed by atoms with E-state index in [4.69, 9.17) is 10.3 Å². The summed E-state index contributed by atoms with van der Waals surface area (Å²) in [6.07, 6.45) is 5.19. The van der Waals surface area contributed by atoms with Crippen LogP contribution in [0.3, 0.4) is 0 Å². The molecule has 0 aromatic heterocycles. The maximum atomic E-state index is 11.4. The molecule has 0 aromatic carbocycles. The van der Waals surface area contributed by atoms with E-state index in [1.54, 1.807) is 32.1 Å². The molecule has 4 nitrogen and oxygen atoms in total. The fraction of sp³-hybridized carbons (Fsp3) is 0.400. The highest BCUT2D eigenvalue weighted by Crippen LogP contribution is 2.09. The first-order valence-corrected chi connectivity index (χ1v) is 4.43. The highest BCUT2D eigenvalue weighted by atomic mass is 16.5. The second-order valence-corrected chi connectivity index (χ2v) is 3.24. The van der Waals surface area contributed by atoms with Gasteiger partial charge in [0.2, 0.25) is 0 Å². The Labute approximate surface area is 82.5 Å². The molecule has 0 saturated carbocycles. The molecule has 0 aliphatic heterocycles. The minimum absolute atomic E-state index is 0.121. The molecular weight excluding hydrogens is 180 g/mol. The maximum absolute atomic E-state index is 11.4. The Morgan fingerprint density at radius 1 is 1.57 bits per heavy atom. The van der Waals surface area contributed by atoms with E-state index in [-0.39, 0.29) is 12.1 Å². The van der Waals surface area contributed by atoms with Crippen LogP contribution in [0.5, 0.6) is 0 Å². The van der Waals surface area contributed by atoms with Gasteiger partial charge in [0.1, 0.15) is 0 Å². The standard InChI is InChI=1S/C10H12N2O2/c1-7(2)14-10(13)8-3-5-9(12-11)6-4-8/h3-5,7H,6H2,1-2H3. The normalized spacial score (nSPS) is 15.1. The lowest BCUT2D eigenvalue weighted by Crippen LogP contribution is -2.14. The van der Waals surface area contributed by atoms with E-state index in [0.29, 0.717) is 17.7 Å². The van der Waals surface area contributed by atoms with Crippen molar-refractivity contribution in [2.75, 3.05) is 0 Å². The highest BCUT2D eigenvalue weighted by molar-refractivity contribution is 6.00. The summed E-state index contributed by atoms with van der Waals surface area (Å²) in [5.74, 6) is -0.340. The smallest absolute Gasteiger partial charge is 0.338 e. The van der Waals surface area contributed by atoms with Gasteiger partial charge in [0, 0.05) is 6.08 Å². The number of carbonyl (C=O) groups is 1. The van der Waals surface area contributed by atoms with E-state index in [1.165, 1.54) is 0 Å². The molecule has 0 fully saturated rings. The van der Waals surface area contributed by atoms with Gasteiger partial charge in [-0.2, -0.15) is 4.79 Å². The van der Waals surface area contributed by atoms with Crippen LogP contribution < -0.4 is 0 Å². The summed E-state index contributed by atoms with van der Waals surface area (Å²) in [6.45, 7) is 3.59. The molecule has 1 aliphatic carbocycles. The topological polar surface area (TPSA) is 62.7 Å². The molecule has 1 aliphatic rings. The predicted molar refractivity (Wildman–Crippen MR) is 51.7 cm³/mol. The molecule has 0 heterocycles. The van der Waals surface area contributed by atoms with Crippen molar-refractivity contribution in [2.24, 2.45) is 0 Å². The van der Waals surface area contributed by atoms with Gasteiger partial charge in [-0.3, -0.25) is 0 Å². The van der Waals surface area contributed by atoms with Crippen LogP contribution in [0.25, 0.3) is 5.53 Å². The van der Waals surface area contributed by atoms with Crippen molar-refractivity contribution in [3.05, 3.63) is 29.3 Å². The summed E-state index contributed by atoms with van der Waals surface area (Å²) in [4.78, 5) is 14.4. The number of ether oxygens (including phenoxy) is 1. The van der Waals surface area contributed by atoms with Crippen LogP contribution in [-0.2, 0) is 9.53 Å². The van der Waals surface area contributed by atoms with E-state index in [2.05, 4.69) is 4.79 Å². The number of allylic oxidation sites excluding steroid dienone is 2. The van der Waals surface area contributed by atoms with Gasteiger partial charge in [-0.15, -0.1) is 0 Å². The first-order valence-electron chi connectivity index (χ1n) is 4.43. The summed E-state index contributed by atoms with van der Waals surface area (Å²) < 4.78 is 5.00. The number of nitrogens with zero attached hydrogens (tertiary/aromatic N) is 2. The zero-order valence-corrected chi connectivity index (χ0v) is 8.23. The number of carbonyl (C=O) groups excluding carboxylic acids is 1. The Bertz CT molecular complexity index is 347. The van der Waals surface area contributed by atoms with Crippen LogP contribution in [-0.4, -0.2) is 22.6 Å². The number of hydrogen-bond acceptors (Lipinski definition) is 2. The Morgan fingerprint density at radius 3 is 2.71 bits per heavy atom. The molecular formula is C10H12N2O2. The summed E-state index contributed by atoms with van der Waals surface area (Å²) in [6, 6.07) is 0. The fourth-order valence-corrected chi connectivity index (χ4v) is 1.04. The Hall–Kier alpha value is -1.67. The Balaban J connectivity index is 2.65. The van der Waals surface area contributed by atoms with Gasteiger partial charge in [0.15, 0.2) is 0 Å². The van der Waals surface area contributed by atoms with Crippen molar-refractivity contribution in [3.63, 3.8) is 0 Å². The van der Waals surface area contributed by atoms with Gasteiger partial charge in [-0.25, -0.2) is 4.79 Å². The third-order valence-corrected chi connectivity index (χ3v) is 1.69. The van der Waals surface area contributed by atoms with E-state index >= 15 is 0 Å². The van der Waals surface area contributed by atoms with Gasteiger partial charge >= 0.3 is 5.97 Å². The third kappa shape index (κ3) is 2.68. The molecule has 0 atom stereocenters. The summed E-state index contributed by atoms with van der Waals surface area (Å²) >= 11 is 0. The van der Waals surface area contributed by atoms with E-state index < -0.39 is 0 Å². The lowest BCUT2D eigenvalue weighted by atomic mass is 10.1. The molecule has 0 spiro atoms. The molecule has 0 unspecified atom stereocenters. The average Bonchev–Trinajstić information content (AvgIpc) is 2.17. The quantitative estimate of drug-likeness (QED) is 0.378. The first-order chi connectivity index (χ1) is 6.63. The van der Waals surface area contributed by atoms with Gasteiger partial charge in [0.05, 0.1) is 18.1 Å². The lowest BCUT2D eigenvalue weighted by molar-refractivity contribution is -0.142. The van der Waals surface area contributed by atoms with E-state index in [9.17, 15) is 4.79 Å². The van der Waals surface area contributed by atoms with E-state index in [0.717, 1.165) is 0 Å². The average molecular weight is 192 g/mol. The zero-order chi connectivity index (χ0) is 10.6. The fourth-order valence-electron chi connectivity index (χ4n) is 1.04.